The second-order valence-corrected chi connectivity index (χ2v) is 8.23. The number of rotatable bonds is 4. The van der Waals surface area contributed by atoms with Gasteiger partial charge in [0, 0.05) is 31.6 Å². The zero-order valence-electron chi connectivity index (χ0n) is 15.3. The average molecular weight is 369 g/mol. The molecule has 3 rings (SSSR count). The van der Waals surface area contributed by atoms with Crippen LogP contribution in [0.15, 0.2) is 29.8 Å². The van der Waals surface area contributed by atoms with Crippen LogP contribution >= 0.6 is 11.3 Å². The van der Waals surface area contributed by atoms with E-state index in [1.165, 1.54) is 15.3 Å². The van der Waals surface area contributed by atoms with E-state index in [-0.39, 0.29) is 6.03 Å². The van der Waals surface area contributed by atoms with Gasteiger partial charge in [0.25, 0.3) is 0 Å². The maximum atomic E-state index is 12.3. The van der Waals surface area contributed by atoms with Crippen LogP contribution in [0.3, 0.4) is 0 Å². The number of hydrogen-bond acceptors (Lipinski definition) is 5. The summed E-state index contributed by atoms with van der Waals surface area (Å²) in [6.45, 7) is 5.81. The van der Waals surface area contributed by atoms with Gasteiger partial charge in [-0.1, -0.05) is 0 Å². The molecule has 1 aliphatic rings. The maximum absolute atomic E-state index is 12.3. The Morgan fingerprint density at radius 3 is 2.96 bits per heavy atom. The summed E-state index contributed by atoms with van der Waals surface area (Å²) in [6, 6.07) is 7.94. The van der Waals surface area contributed by atoms with E-state index in [1.807, 2.05) is 37.3 Å². The Bertz CT molecular complexity index is 821. The molecule has 2 aromatic heterocycles. The number of amides is 2. The van der Waals surface area contributed by atoms with E-state index in [0.717, 1.165) is 25.3 Å². The topological polar surface area (TPSA) is 72.3 Å². The molecule has 0 radical (unpaired) electrons. The SMILES string of the molecule is CN(CC(C)(C)C#N)C(=O)Nc1ccc(N2CCc3sccc3C2)nc1. The number of anilines is 2. The lowest BCUT2D eigenvalue weighted by atomic mass is 9.95. The first kappa shape index (κ1) is 18.2. The van der Waals surface area contributed by atoms with Crippen LogP contribution in [0.5, 0.6) is 0 Å². The molecule has 1 N–H and O–H groups in total. The van der Waals surface area contributed by atoms with Gasteiger partial charge in [-0.25, -0.2) is 9.78 Å². The van der Waals surface area contributed by atoms with Gasteiger partial charge < -0.3 is 15.1 Å². The third-order valence-corrected chi connectivity index (χ3v) is 5.44. The summed E-state index contributed by atoms with van der Waals surface area (Å²) in [5.41, 5.74) is 1.44. The maximum Gasteiger partial charge on any atom is 0.321 e. The van der Waals surface area contributed by atoms with Crippen molar-refractivity contribution in [3.8, 4) is 6.07 Å². The molecule has 7 heteroatoms. The number of nitriles is 1. The van der Waals surface area contributed by atoms with E-state index in [0.29, 0.717) is 12.2 Å². The van der Waals surface area contributed by atoms with Gasteiger partial charge in [-0.15, -0.1) is 11.3 Å². The third-order valence-electron chi connectivity index (χ3n) is 4.41. The van der Waals surface area contributed by atoms with Gasteiger partial charge in [0.1, 0.15) is 5.82 Å². The highest BCUT2D eigenvalue weighted by Gasteiger charge is 2.22. The highest BCUT2D eigenvalue weighted by atomic mass is 32.1. The van der Waals surface area contributed by atoms with Crippen LogP contribution in [0.1, 0.15) is 24.3 Å². The standard InChI is InChI=1S/C19H23N5OS/c1-19(2,12-20)13-23(3)18(25)22-15-4-5-17(21-10-15)24-8-6-16-14(11-24)7-9-26-16/h4-5,7,9-10H,6,8,11,13H2,1-3H3,(H,22,25). The number of fused-ring (bicyclic) bond motifs is 1. The number of carbonyl (C=O) groups is 1. The van der Waals surface area contributed by atoms with Crippen LogP contribution in [0.2, 0.25) is 0 Å². The van der Waals surface area contributed by atoms with E-state index >= 15 is 0 Å². The molecular weight excluding hydrogens is 346 g/mol. The largest absolute Gasteiger partial charge is 0.352 e. The van der Waals surface area contributed by atoms with Gasteiger partial charge in [-0.05, 0) is 49.4 Å². The van der Waals surface area contributed by atoms with Crippen LogP contribution in [-0.2, 0) is 13.0 Å². The number of thiophene rings is 1. The second kappa shape index (κ2) is 7.34. The molecule has 136 valence electrons. The van der Waals surface area contributed by atoms with Gasteiger partial charge in [0.15, 0.2) is 0 Å². The first-order valence-electron chi connectivity index (χ1n) is 8.57. The quantitative estimate of drug-likeness (QED) is 0.891. The first-order valence-corrected chi connectivity index (χ1v) is 9.45. The summed E-state index contributed by atoms with van der Waals surface area (Å²) in [6.07, 6.45) is 2.73. The van der Waals surface area contributed by atoms with Crippen molar-refractivity contribution in [2.45, 2.75) is 26.8 Å². The van der Waals surface area contributed by atoms with Crippen molar-refractivity contribution in [1.29, 1.82) is 5.26 Å². The third kappa shape index (κ3) is 4.14. The highest BCUT2D eigenvalue weighted by Crippen LogP contribution is 2.27. The zero-order valence-corrected chi connectivity index (χ0v) is 16.1. The van der Waals surface area contributed by atoms with Gasteiger partial charge in [0.05, 0.1) is 23.4 Å². The molecular formula is C19H23N5OS. The number of pyridine rings is 1. The molecule has 1 aliphatic heterocycles. The van der Waals surface area contributed by atoms with Crippen LogP contribution in [0.4, 0.5) is 16.3 Å². The fourth-order valence-electron chi connectivity index (χ4n) is 3.01. The van der Waals surface area contributed by atoms with Crippen LogP contribution in [0, 0.1) is 16.7 Å². The van der Waals surface area contributed by atoms with Gasteiger partial charge in [0.2, 0.25) is 0 Å². The van der Waals surface area contributed by atoms with Crippen LogP contribution in [0.25, 0.3) is 0 Å². The van der Waals surface area contributed by atoms with Gasteiger partial charge in [-0.2, -0.15) is 5.26 Å². The molecule has 0 unspecified atom stereocenters. The summed E-state index contributed by atoms with van der Waals surface area (Å²) < 4.78 is 0. The van der Waals surface area contributed by atoms with Crippen LogP contribution in [-0.4, -0.2) is 36.1 Å². The summed E-state index contributed by atoms with van der Waals surface area (Å²) in [4.78, 5) is 22.0. The minimum Gasteiger partial charge on any atom is -0.352 e. The molecule has 0 aliphatic carbocycles. The lowest BCUT2D eigenvalue weighted by molar-refractivity contribution is 0.209. The number of aromatic nitrogens is 1. The molecule has 0 aromatic carbocycles. The fraction of sp³-hybridized carbons (Fsp3) is 0.421. The Balaban J connectivity index is 1.60. The molecule has 0 atom stereocenters. The molecule has 0 saturated heterocycles. The molecule has 2 aromatic rings. The van der Waals surface area contributed by atoms with Crippen molar-refractivity contribution >= 4 is 28.9 Å². The zero-order chi connectivity index (χ0) is 18.7. The monoisotopic (exact) mass is 369 g/mol. The second-order valence-electron chi connectivity index (χ2n) is 7.23. The molecule has 0 fully saturated rings. The number of carbonyl (C=O) groups excluding carboxylic acids is 1. The molecule has 0 bridgehead atoms. The van der Waals surface area contributed by atoms with Crippen molar-refractivity contribution in [3.63, 3.8) is 0 Å². The minimum absolute atomic E-state index is 0.247. The molecule has 26 heavy (non-hydrogen) atoms. The Morgan fingerprint density at radius 1 is 1.46 bits per heavy atom. The van der Waals surface area contributed by atoms with E-state index in [9.17, 15) is 4.79 Å². The number of nitrogens with one attached hydrogen (secondary N) is 1. The summed E-state index contributed by atoms with van der Waals surface area (Å²) in [5, 5.41) is 14.1. The predicted molar refractivity (Wildman–Crippen MR) is 104 cm³/mol. The number of urea groups is 1. The van der Waals surface area contributed by atoms with E-state index in [2.05, 4.69) is 32.7 Å². The van der Waals surface area contributed by atoms with E-state index in [1.54, 1.807) is 13.2 Å². The number of hydrogen-bond donors (Lipinski definition) is 1. The highest BCUT2D eigenvalue weighted by molar-refractivity contribution is 7.10. The lowest BCUT2D eigenvalue weighted by Crippen LogP contribution is -2.38. The Kier molecular flexibility index (Phi) is 5.14. The van der Waals surface area contributed by atoms with E-state index in [4.69, 9.17) is 5.26 Å². The predicted octanol–water partition coefficient (Wildman–Crippen LogP) is 3.72. The Morgan fingerprint density at radius 2 is 2.27 bits per heavy atom. The van der Waals surface area contributed by atoms with Crippen molar-refractivity contribution in [3.05, 3.63) is 40.2 Å². The average Bonchev–Trinajstić information content (AvgIpc) is 3.09. The summed E-state index contributed by atoms with van der Waals surface area (Å²) >= 11 is 1.82. The van der Waals surface area contributed by atoms with Crippen LogP contribution < -0.4 is 10.2 Å². The Hall–Kier alpha value is -2.59. The Labute approximate surface area is 158 Å². The molecule has 0 saturated carbocycles. The smallest absolute Gasteiger partial charge is 0.321 e. The van der Waals surface area contributed by atoms with Crippen molar-refractivity contribution < 1.29 is 4.79 Å². The number of nitrogens with zero attached hydrogens (tertiary/aromatic N) is 4. The van der Waals surface area contributed by atoms with Gasteiger partial charge >= 0.3 is 6.03 Å². The summed E-state index contributed by atoms with van der Waals surface area (Å²) in [5.74, 6) is 0.916. The molecule has 6 nitrogen and oxygen atoms in total. The van der Waals surface area contributed by atoms with Crippen molar-refractivity contribution in [2.24, 2.45) is 5.41 Å². The van der Waals surface area contributed by atoms with Gasteiger partial charge in [-0.3, -0.25) is 0 Å². The normalized spacial score (nSPS) is 13.7. The summed E-state index contributed by atoms with van der Waals surface area (Å²) in [7, 11) is 1.68. The minimum atomic E-state index is -0.580. The lowest BCUT2D eigenvalue weighted by Gasteiger charge is -2.28. The van der Waals surface area contributed by atoms with Crippen molar-refractivity contribution in [1.82, 2.24) is 9.88 Å². The first-order chi connectivity index (χ1) is 12.4. The van der Waals surface area contributed by atoms with E-state index < -0.39 is 5.41 Å². The molecule has 2 amide bonds. The molecule has 3 heterocycles. The fourth-order valence-corrected chi connectivity index (χ4v) is 3.90. The molecule has 0 spiro atoms. The van der Waals surface area contributed by atoms with Crippen molar-refractivity contribution in [2.75, 3.05) is 30.4 Å².